The molecule has 1 aromatic carbocycles. The van der Waals surface area contributed by atoms with Crippen LogP contribution in [0.3, 0.4) is 0 Å². The van der Waals surface area contributed by atoms with Gasteiger partial charge in [0.1, 0.15) is 0 Å². The van der Waals surface area contributed by atoms with E-state index in [2.05, 4.69) is 20.3 Å². The second kappa shape index (κ2) is 8.39. The third-order valence-electron chi connectivity index (χ3n) is 3.64. The number of nitrogens with zero attached hydrogens (tertiary/aromatic N) is 4. The molecule has 1 heterocycles. The van der Waals surface area contributed by atoms with Gasteiger partial charge in [-0.15, -0.1) is 0 Å². The van der Waals surface area contributed by atoms with Crippen LogP contribution in [0.2, 0.25) is 0 Å². The first-order valence-electron chi connectivity index (χ1n) is 7.66. The molecule has 1 aromatic heterocycles. The summed E-state index contributed by atoms with van der Waals surface area (Å²) in [6.07, 6.45) is 3.07. The molecule has 0 aliphatic rings. The molecule has 126 valence electrons. The SMILES string of the molecule is CN(CCCNCCCCN)c1ccc([N+](=O)[O-])c2nonc12. The van der Waals surface area contributed by atoms with E-state index in [0.29, 0.717) is 5.52 Å². The van der Waals surface area contributed by atoms with Crippen LogP contribution in [-0.2, 0) is 0 Å². The predicted molar refractivity (Wildman–Crippen MR) is 87.5 cm³/mol. The number of fused-ring (bicyclic) bond motifs is 1. The molecule has 0 atom stereocenters. The molecule has 0 amide bonds. The lowest BCUT2D eigenvalue weighted by Crippen LogP contribution is -2.24. The van der Waals surface area contributed by atoms with Crippen molar-refractivity contribution in [3.8, 4) is 0 Å². The number of aromatic nitrogens is 2. The minimum absolute atomic E-state index is 0.0972. The fourth-order valence-electron chi connectivity index (χ4n) is 2.38. The van der Waals surface area contributed by atoms with Crippen LogP contribution >= 0.6 is 0 Å². The highest BCUT2D eigenvalue weighted by atomic mass is 16.6. The van der Waals surface area contributed by atoms with Gasteiger partial charge >= 0.3 is 5.69 Å². The molecule has 2 rings (SSSR count). The Balaban J connectivity index is 1.91. The zero-order valence-electron chi connectivity index (χ0n) is 13.2. The van der Waals surface area contributed by atoms with E-state index in [-0.39, 0.29) is 11.2 Å². The Morgan fingerprint density at radius 1 is 1.26 bits per heavy atom. The summed E-state index contributed by atoms with van der Waals surface area (Å²) >= 11 is 0. The summed E-state index contributed by atoms with van der Waals surface area (Å²) in [6, 6.07) is 3.11. The molecule has 9 heteroatoms. The lowest BCUT2D eigenvalue weighted by atomic mass is 10.2. The van der Waals surface area contributed by atoms with Crippen LogP contribution in [0.1, 0.15) is 19.3 Å². The van der Waals surface area contributed by atoms with Crippen molar-refractivity contribution in [3.63, 3.8) is 0 Å². The fraction of sp³-hybridized carbons (Fsp3) is 0.571. The van der Waals surface area contributed by atoms with E-state index in [0.717, 1.165) is 51.1 Å². The molecule has 0 aliphatic heterocycles. The van der Waals surface area contributed by atoms with Gasteiger partial charge in [-0.05, 0) is 55.3 Å². The van der Waals surface area contributed by atoms with Gasteiger partial charge in [0.2, 0.25) is 5.52 Å². The highest BCUT2D eigenvalue weighted by Crippen LogP contribution is 2.30. The van der Waals surface area contributed by atoms with Gasteiger partial charge in [-0.25, -0.2) is 4.63 Å². The number of hydrogen-bond donors (Lipinski definition) is 2. The van der Waals surface area contributed by atoms with Crippen molar-refractivity contribution < 1.29 is 9.55 Å². The normalized spacial score (nSPS) is 11.0. The van der Waals surface area contributed by atoms with Gasteiger partial charge in [-0.3, -0.25) is 10.1 Å². The lowest BCUT2D eigenvalue weighted by Gasteiger charge is -2.19. The molecular weight excluding hydrogens is 300 g/mol. The third-order valence-corrected chi connectivity index (χ3v) is 3.64. The lowest BCUT2D eigenvalue weighted by molar-refractivity contribution is -0.383. The Morgan fingerprint density at radius 3 is 2.74 bits per heavy atom. The second-order valence-corrected chi connectivity index (χ2v) is 5.34. The largest absolute Gasteiger partial charge is 0.373 e. The van der Waals surface area contributed by atoms with Crippen LogP contribution in [0.5, 0.6) is 0 Å². The van der Waals surface area contributed by atoms with Crippen molar-refractivity contribution in [3.05, 3.63) is 22.2 Å². The number of non-ortho nitro benzene ring substituents is 1. The van der Waals surface area contributed by atoms with Crippen LogP contribution in [-0.4, -0.2) is 48.5 Å². The van der Waals surface area contributed by atoms with E-state index in [1.807, 2.05) is 11.9 Å². The quantitative estimate of drug-likeness (QED) is 0.381. The number of nitrogens with one attached hydrogen (secondary N) is 1. The maximum absolute atomic E-state index is 11.0. The molecule has 2 aromatic rings. The summed E-state index contributed by atoms with van der Waals surface area (Å²) in [4.78, 5) is 12.5. The van der Waals surface area contributed by atoms with Crippen LogP contribution < -0.4 is 16.0 Å². The van der Waals surface area contributed by atoms with E-state index in [9.17, 15) is 10.1 Å². The van der Waals surface area contributed by atoms with E-state index in [1.165, 1.54) is 6.07 Å². The van der Waals surface area contributed by atoms with Gasteiger partial charge < -0.3 is 16.0 Å². The summed E-state index contributed by atoms with van der Waals surface area (Å²) in [7, 11) is 1.92. The Kier molecular flexibility index (Phi) is 6.24. The minimum Gasteiger partial charge on any atom is -0.373 e. The molecular formula is C14H22N6O3. The Labute approximate surface area is 133 Å². The number of unbranched alkanes of at least 4 members (excludes halogenated alkanes) is 1. The Morgan fingerprint density at radius 2 is 2.00 bits per heavy atom. The summed E-state index contributed by atoms with van der Waals surface area (Å²) in [6.45, 7) is 3.40. The maximum atomic E-state index is 11.0. The molecule has 0 saturated carbocycles. The summed E-state index contributed by atoms with van der Waals surface area (Å²) in [5, 5.41) is 21.8. The van der Waals surface area contributed by atoms with Crippen molar-refractivity contribution in [2.24, 2.45) is 5.73 Å². The van der Waals surface area contributed by atoms with Crippen LogP contribution in [0.25, 0.3) is 11.0 Å². The zero-order valence-corrected chi connectivity index (χ0v) is 13.2. The van der Waals surface area contributed by atoms with E-state index < -0.39 is 4.92 Å². The Bertz CT molecular complexity index is 644. The molecule has 9 nitrogen and oxygen atoms in total. The van der Waals surface area contributed by atoms with Gasteiger partial charge in [0, 0.05) is 19.7 Å². The number of rotatable bonds is 10. The average Bonchev–Trinajstić information content (AvgIpc) is 3.02. The molecule has 0 spiro atoms. The predicted octanol–water partition coefficient (Wildman–Crippen LogP) is 1.29. The zero-order chi connectivity index (χ0) is 16.7. The number of hydrogen-bond acceptors (Lipinski definition) is 8. The van der Waals surface area contributed by atoms with Gasteiger partial charge in [0.05, 0.1) is 10.6 Å². The maximum Gasteiger partial charge on any atom is 0.300 e. The fourth-order valence-corrected chi connectivity index (χ4v) is 2.38. The van der Waals surface area contributed by atoms with Crippen LogP contribution in [0, 0.1) is 10.1 Å². The number of nitro benzene ring substituents is 1. The number of anilines is 1. The summed E-state index contributed by atoms with van der Waals surface area (Å²) in [5.41, 5.74) is 6.71. The highest BCUT2D eigenvalue weighted by molar-refractivity contribution is 5.93. The monoisotopic (exact) mass is 322 g/mol. The first-order valence-corrected chi connectivity index (χ1v) is 7.66. The van der Waals surface area contributed by atoms with E-state index in [4.69, 9.17) is 5.73 Å². The molecule has 3 N–H and O–H groups in total. The average molecular weight is 322 g/mol. The van der Waals surface area contributed by atoms with E-state index in [1.54, 1.807) is 6.07 Å². The smallest absolute Gasteiger partial charge is 0.300 e. The molecule has 0 saturated heterocycles. The van der Waals surface area contributed by atoms with Crippen molar-refractivity contribution in [1.82, 2.24) is 15.6 Å². The van der Waals surface area contributed by atoms with Gasteiger partial charge in [0.15, 0.2) is 5.52 Å². The van der Waals surface area contributed by atoms with Crippen molar-refractivity contribution >= 4 is 22.4 Å². The first-order chi connectivity index (χ1) is 11.1. The van der Waals surface area contributed by atoms with Gasteiger partial charge in [-0.2, -0.15) is 0 Å². The van der Waals surface area contributed by atoms with Crippen molar-refractivity contribution in [1.29, 1.82) is 0 Å². The standard InChI is InChI=1S/C14H22N6O3/c1-19(10-4-9-16-8-3-2-7-15)11-5-6-12(20(21)22)14-13(11)17-23-18-14/h5-6,16H,2-4,7-10,15H2,1H3. The molecule has 0 radical (unpaired) electrons. The minimum atomic E-state index is -0.485. The molecule has 0 fully saturated rings. The summed E-state index contributed by atoms with van der Waals surface area (Å²) in [5.74, 6) is 0. The molecule has 23 heavy (non-hydrogen) atoms. The van der Waals surface area contributed by atoms with Crippen LogP contribution in [0.4, 0.5) is 11.4 Å². The molecule has 0 unspecified atom stereocenters. The second-order valence-electron chi connectivity index (χ2n) is 5.34. The number of nitrogens with two attached hydrogens (primary N) is 1. The van der Waals surface area contributed by atoms with Crippen LogP contribution in [0.15, 0.2) is 16.8 Å². The number of nitro groups is 1. The Hall–Kier alpha value is -2.26. The molecule has 0 bridgehead atoms. The van der Waals surface area contributed by atoms with Crippen molar-refractivity contribution in [2.45, 2.75) is 19.3 Å². The molecule has 0 aliphatic carbocycles. The van der Waals surface area contributed by atoms with E-state index >= 15 is 0 Å². The highest BCUT2D eigenvalue weighted by Gasteiger charge is 2.20. The first kappa shape index (κ1) is 17.1. The van der Waals surface area contributed by atoms with Gasteiger partial charge in [0.25, 0.3) is 0 Å². The number of benzene rings is 1. The van der Waals surface area contributed by atoms with Crippen molar-refractivity contribution in [2.75, 3.05) is 38.1 Å². The summed E-state index contributed by atoms with van der Waals surface area (Å²) < 4.78 is 4.67. The third kappa shape index (κ3) is 4.36. The van der Waals surface area contributed by atoms with Gasteiger partial charge in [-0.1, -0.05) is 0 Å². The topological polar surface area (TPSA) is 123 Å².